The number of amides is 1. The second kappa shape index (κ2) is 6.70. The van der Waals surface area contributed by atoms with Crippen LogP contribution in [-0.4, -0.2) is 23.4 Å². The molecule has 1 amide bonds. The average Bonchev–Trinajstić information content (AvgIpc) is 3.22. The lowest BCUT2D eigenvalue weighted by Gasteiger charge is -2.10. The molecule has 3 rings (SSSR count). The molecule has 0 unspecified atom stereocenters. The first-order valence-corrected chi connectivity index (χ1v) is 7.83. The van der Waals surface area contributed by atoms with E-state index in [1.807, 2.05) is 0 Å². The fourth-order valence-electron chi connectivity index (χ4n) is 2.91. The first-order valence-electron chi connectivity index (χ1n) is 7.83. The van der Waals surface area contributed by atoms with Crippen LogP contribution in [0.1, 0.15) is 52.1 Å². The zero-order chi connectivity index (χ0) is 18.0. The number of aromatic nitrogens is 1. The summed E-state index contributed by atoms with van der Waals surface area (Å²) >= 11 is 0. The van der Waals surface area contributed by atoms with Crippen molar-refractivity contribution in [1.82, 2.24) is 10.5 Å². The summed E-state index contributed by atoms with van der Waals surface area (Å²) < 4.78 is 42.9. The number of halogens is 3. The Morgan fingerprint density at radius 2 is 1.84 bits per heavy atom. The summed E-state index contributed by atoms with van der Waals surface area (Å²) in [6.45, 7) is 0. The van der Waals surface area contributed by atoms with Gasteiger partial charge in [0.1, 0.15) is 0 Å². The number of carbonyl (C=O) groups excluding carboxylic acids is 2. The molecule has 0 atom stereocenters. The minimum absolute atomic E-state index is 0.0275. The van der Waals surface area contributed by atoms with E-state index in [-0.39, 0.29) is 28.6 Å². The number of alkyl halides is 3. The lowest BCUT2D eigenvalue weighted by molar-refractivity contribution is -0.137. The maximum absolute atomic E-state index is 12.6. The summed E-state index contributed by atoms with van der Waals surface area (Å²) in [4.78, 5) is 23.7. The Kier molecular flexibility index (Phi) is 4.61. The minimum Gasteiger partial charge on any atom is -0.355 e. The van der Waals surface area contributed by atoms with Crippen LogP contribution in [0.4, 0.5) is 13.2 Å². The zero-order valence-electron chi connectivity index (χ0n) is 13.1. The smallest absolute Gasteiger partial charge is 0.355 e. The molecule has 25 heavy (non-hydrogen) atoms. The van der Waals surface area contributed by atoms with E-state index in [2.05, 4.69) is 10.5 Å². The molecule has 1 aliphatic rings. The van der Waals surface area contributed by atoms with E-state index in [1.165, 1.54) is 12.1 Å². The maximum Gasteiger partial charge on any atom is 0.416 e. The van der Waals surface area contributed by atoms with Gasteiger partial charge >= 0.3 is 6.18 Å². The highest BCUT2D eigenvalue weighted by Crippen LogP contribution is 2.32. The second-order valence-corrected chi connectivity index (χ2v) is 5.92. The molecule has 0 radical (unpaired) electrons. The number of hydrogen-bond donors (Lipinski definition) is 1. The van der Waals surface area contributed by atoms with Gasteiger partial charge in [0.15, 0.2) is 17.7 Å². The number of benzene rings is 1. The molecule has 1 N–H and O–H groups in total. The molecule has 5 nitrogen and oxygen atoms in total. The highest BCUT2D eigenvalue weighted by Gasteiger charge is 2.31. The molecule has 1 saturated carbocycles. The zero-order valence-corrected chi connectivity index (χ0v) is 13.1. The van der Waals surface area contributed by atoms with Crippen LogP contribution in [0.3, 0.4) is 0 Å². The van der Waals surface area contributed by atoms with Gasteiger partial charge < -0.3 is 9.84 Å². The minimum atomic E-state index is -4.46. The van der Waals surface area contributed by atoms with Crippen LogP contribution in [0.15, 0.2) is 28.8 Å². The van der Waals surface area contributed by atoms with Gasteiger partial charge in [-0.05, 0) is 25.0 Å². The molecule has 0 aliphatic heterocycles. The standard InChI is InChI=1S/C17H15F3N2O3/c18-17(19,20)11-7-5-10(6-8-11)15-13(9-23)14(22-25-15)16(24)21-12-3-1-2-4-12/h5-9,12H,1-4H2,(H,21,24). The third-order valence-corrected chi connectivity index (χ3v) is 4.23. The van der Waals surface area contributed by atoms with Gasteiger partial charge in [-0.25, -0.2) is 0 Å². The van der Waals surface area contributed by atoms with Crippen molar-refractivity contribution in [3.63, 3.8) is 0 Å². The van der Waals surface area contributed by atoms with E-state index in [9.17, 15) is 22.8 Å². The Morgan fingerprint density at radius 3 is 2.40 bits per heavy atom. The first-order chi connectivity index (χ1) is 11.9. The van der Waals surface area contributed by atoms with Gasteiger partial charge in [0.2, 0.25) is 0 Å². The number of aldehydes is 1. The van der Waals surface area contributed by atoms with Gasteiger partial charge in [0.25, 0.3) is 5.91 Å². The summed E-state index contributed by atoms with van der Waals surface area (Å²) in [5.41, 5.74) is -0.808. The summed E-state index contributed by atoms with van der Waals surface area (Å²) in [5, 5.41) is 6.43. The van der Waals surface area contributed by atoms with E-state index in [1.54, 1.807) is 0 Å². The highest BCUT2D eigenvalue weighted by molar-refractivity contribution is 6.02. The van der Waals surface area contributed by atoms with Crippen molar-refractivity contribution >= 4 is 12.2 Å². The Hall–Kier alpha value is -2.64. The van der Waals surface area contributed by atoms with Crippen molar-refractivity contribution in [3.05, 3.63) is 41.1 Å². The third kappa shape index (κ3) is 3.57. The van der Waals surface area contributed by atoms with Crippen LogP contribution in [0.2, 0.25) is 0 Å². The molecule has 2 aromatic rings. The molecule has 8 heteroatoms. The molecular formula is C17H15F3N2O3. The normalized spacial score (nSPS) is 15.3. The Morgan fingerprint density at radius 1 is 1.20 bits per heavy atom. The molecule has 1 aromatic heterocycles. The predicted octanol–water partition coefficient (Wildman–Crippen LogP) is 3.85. The van der Waals surface area contributed by atoms with Gasteiger partial charge in [-0.15, -0.1) is 0 Å². The molecule has 1 aromatic carbocycles. The topological polar surface area (TPSA) is 72.2 Å². The van der Waals surface area contributed by atoms with Crippen LogP contribution >= 0.6 is 0 Å². The van der Waals surface area contributed by atoms with Crippen molar-refractivity contribution in [2.75, 3.05) is 0 Å². The average molecular weight is 352 g/mol. The molecule has 1 aliphatic carbocycles. The monoisotopic (exact) mass is 352 g/mol. The largest absolute Gasteiger partial charge is 0.416 e. The fraction of sp³-hybridized carbons (Fsp3) is 0.353. The molecule has 0 bridgehead atoms. The molecule has 1 fully saturated rings. The lowest BCUT2D eigenvalue weighted by Crippen LogP contribution is -2.33. The fourth-order valence-corrected chi connectivity index (χ4v) is 2.91. The maximum atomic E-state index is 12.6. The first kappa shape index (κ1) is 17.2. The van der Waals surface area contributed by atoms with E-state index in [0.29, 0.717) is 6.29 Å². The number of carbonyl (C=O) groups is 2. The van der Waals surface area contributed by atoms with Crippen LogP contribution in [0.25, 0.3) is 11.3 Å². The van der Waals surface area contributed by atoms with Crippen molar-refractivity contribution < 1.29 is 27.3 Å². The van der Waals surface area contributed by atoms with Crippen molar-refractivity contribution in [2.24, 2.45) is 0 Å². The SMILES string of the molecule is O=Cc1c(C(=O)NC2CCCC2)noc1-c1ccc(C(F)(F)F)cc1. The van der Waals surface area contributed by atoms with Gasteiger partial charge in [-0.3, -0.25) is 9.59 Å². The predicted molar refractivity (Wildman–Crippen MR) is 82.1 cm³/mol. The van der Waals surface area contributed by atoms with Crippen LogP contribution in [-0.2, 0) is 6.18 Å². The van der Waals surface area contributed by atoms with Crippen molar-refractivity contribution in [1.29, 1.82) is 0 Å². The van der Waals surface area contributed by atoms with Gasteiger partial charge in [0, 0.05) is 11.6 Å². The molecular weight excluding hydrogens is 337 g/mol. The number of nitrogens with zero attached hydrogens (tertiary/aromatic N) is 1. The van der Waals surface area contributed by atoms with Crippen LogP contribution in [0.5, 0.6) is 0 Å². The summed E-state index contributed by atoms with van der Waals surface area (Å²) in [5.74, 6) is -0.545. The number of nitrogens with one attached hydrogen (secondary N) is 1. The number of rotatable bonds is 4. The lowest BCUT2D eigenvalue weighted by atomic mass is 10.0. The van der Waals surface area contributed by atoms with E-state index in [0.717, 1.165) is 37.8 Å². The quantitative estimate of drug-likeness (QED) is 0.849. The summed E-state index contributed by atoms with van der Waals surface area (Å²) in [6, 6.07) is 4.15. The van der Waals surface area contributed by atoms with Gasteiger partial charge in [0.05, 0.1) is 11.1 Å². The van der Waals surface area contributed by atoms with Crippen molar-refractivity contribution in [3.8, 4) is 11.3 Å². The highest BCUT2D eigenvalue weighted by atomic mass is 19.4. The molecule has 132 valence electrons. The summed E-state index contributed by atoms with van der Waals surface area (Å²) in [6.07, 6.45) is -0.243. The Labute approximate surface area is 141 Å². The Balaban J connectivity index is 1.86. The van der Waals surface area contributed by atoms with Gasteiger partial charge in [-0.1, -0.05) is 30.1 Å². The molecule has 0 saturated heterocycles. The van der Waals surface area contributed by atoms with E-state index < -0.39 is 17.6 Å². The van der Waals surface area contributed by atoms with E-state index >= 15 is 0 Å². The van der Waals surface area contributed by atoms with Crippen molar-refractivity contribution in [2.45, 2.75) is 37.9 Å². The van der Waals surface area contributed by atoms with Crippen LogP contribution < -0.4 is 5.32 Å². The third-order valence-electron chi connectivity index (χ3n) is 4.23. The second-order valence-electron chi connectivity index (χ2n) is 5.92. The molecule has 0 spiro atoms. The van der Waals surface area contributed by atoms with Gasteiger partial charge in [-0.2, -0.15) is 13.2 Å². The molecule has 1 heterocycles. The van der Waals surface area contributed by atoms with Crippen LogP contribution in [0, 0.1) is 0 Å². The Bertz CT molecular complexity index is 775. The van der Waals surface area contributed by atoms with E-state index in [4.69, 9.17) is 4.52 Å². The number of hydrogen-bond acceptors (Lipinski definition) is 4. The summed E-state index contributed by atoms with van der Waals surface area (Å²) in [7, 11) is 0.